The van der Waals surface area contributed by atoms with Gasteiger partial charge < -0.3 is 5.32 Å². The molecule has 104 valence electrons. The van der Waals surface area contributed by atoms with Crippen molar-refractivity contribution in [2.75, 3.05) is 6.54 Å². The Kier molecular flexibility index (Phi) is 4.88. The van der Waals surface area contributed by atoms with E-state index in [1.54, 1.807) is 12.1 Å². The van der Waals surface area contributed by atoms with Crippen molar-refractivity contribution in [2.45, 2.75) is 19.8 Å². The number of carbonyl (C=O) groups is 1. The van der Waals surface area contributed by atoms with E-state index < -0.39 is 0 Å². The molecule has 1 N–H and O–H groups in total. The van der Waals surface area contributed by atoms with Crippen LogP contribution in [0.3, 0.4) is 0 Å². The van der Waals surface area contributed by atoms with Crippen molar-refractivity contribution in [3.05, 3.63) is 71.0 Å². The van der Waals surface area contributed by atoms with Gasteiger partial charge >= 0.3 is 0 Å². The second-order valence-electron chi connectivity index (χ2n) is 4.68. The second-order valence-corrected chi connectivity index (χ2v) is 4.68. The first kappa shape index (κ1) is 14.3. The summed E-state index contributed by atoms with van der Waals surface area (Å²) in [6.45, 7) is 2.62. The molecule has 0 heterocycles. The van der Waals surface area contributed by atoms with Crippen molar-refractivity contribution in [3.63, 3.8) is 0 Å². The van der Waals surface area contributed by atoms with Crippen molar-refractivity contribution < 1.29 is 9.18 Å². The van der Waals surface area contributed by atoms with Crippen LogP contribution >= 0.6 is 0 Å². The summed E-state index contributed by atoms with van der Waals surface area (Å²) in [5, 5.41) is 2.87. The zero-order valence-electron chi connectivity index (χ0n) is 11.5. The van der Waals surface area contributed by atoms with Crippen LogP contribution in [-0.2, 0) is 12.8 Å². The van der Waals surface area contributed by atoms with Gasteiger partial charge in [0.2, 0.25) is 0 Å². The Morgan fingerprint density at radius 3 is 2.20 bits per heavy atom. The first-order valence-corrected chi connectivity index (χ1v) is 6.80. The summed E-state index contributed by atoms with van der Waals surface area (Å²) in [7, 11) is 0. The summed E-state index contributed by atoms with van der Waals surface area (Å²) in [4.78, 5) is 11.9. The Labute approximate surface area is 118 Å². The van der Waals surface area contributed by atoms with Crippen molar-refractivity contribution in [2.24, 2.45) is 0 Å². The molecule has 2 rings (SSSR count). The van der Waals surface area contributed by atoms with Gasteiger partial charge in [-0.3, -0.25) is 4.79 Å². The zero-order chi connectivity index (χ0) is 14.4. The minimum atomic E-state index is -0.242. The highest BCUT2D eigenvalue weighted by Gasteiger charge is 2.04. The van der Waals surface area contributed by atoms with E-state index in [1.165, 1.54) is 17.7 Å². The van der Waals surface area contributed by atoms with Crippen LogP contribution in [0.1, 0.15) is 28.4 Å². The highest BCUT2D eigenvalue weighted by Crippen LogP contribution is 2.06. The molecule has 0 saturated carbocycles. The molecule has 0 radical (unpaired) electrons. The summed E-state index contributed by atoms with van der Waals surface area (Å²) >= 11 is 0. The summed E-state index contributed by atoms with van der Waals surface area (Å²) in [5.74, 6) is -0.316. The third kappa shape index (κ3) is 3.92. The van der Waals surface area contributed by atoms with E-state index in [0.717, 1.165) is 12.0 Å². The van der Waals surface area contributed by atoms with Crippen LogP contribution in [0.15, 0.2) is 48.5 Å². The topological polar surface area (TPSA) is 29.1 Å². The van der Waals surface area contributed by atoms with E-state index in [4.69, 9.17) is 0 Å². The Morgan fingerprint density at radius 2 is 1.60 bits per heavy atom. The standard InChI is InChI=1S/C17H18FNO/c1-2-13-3-7-15(8-4-13)17(20)19-12-11-14-5-9-16(18)10-6-14/h3-10H,2,11-12H2,1H3,(H,19,20). The van der Waals surface area contributed by atoms with Crippen molar-refractivity contribution in [1.82, 2.24) is 5.32 Å². The van der Waals surface area contributed by atoms with E-state index in [-0.39, 0.29) is 11.7 Å². The average Bonchev–Trinajstić information content (AvgIpc) is 2.49. The summed E-state index contributed by atoms with van der Waals surface area (Å²) < 4.78 is 12.8. The molecule has 1 amide bonds. The molecular formula is C17H18FNO. The third-order valence-electron chi connectivity index (χ3n) is 3.24. The molecule has 3 heteroatoms. The zero-order valence-corrected chi connectivity index (χ0v) is 11.5. The first-order valence-electron chi connectivity index (χ1n) is 6.80. The smallest absolute Gasteiger partial charge is 0.251 e. The number of hydrogen-bond acceptors (Lipinski definition) is 1. The van der Waals surface area contributed by atoms with Crippen LogP contribution in [0.2, 0.25) is 0 Å². The molecule has 0 aliphatic heterocycles. The van der Waals surface area contributed by atoms with Gasteiger partial charge in [-0.15, -0.1) is 0 Å². The Balaban J connectivity index is 1.83. The van der Waals surface area contributed by atoms with Crippen molar-refractivity contribution in [3.8, 4) is 0 Å². The highest BCUT2D eigenvalue weighted by molar-refractivity contribution is 5.94. The molecule has 20 heavy (non-hydrogen) atoms. The molecule has 0 saturated heterocycles. The van der Waals surface area contributed by atoms with Crippen LogP contribution in [-0.4, -0.2) is 12.5 Å². The lowest BCUT2D eigenvalue weighted by atomic mass is 10.1. The molecule has 0 fully saturated rings. The number of benzene rings is 2. The normalized spacial score (nSPS) is 10.3. The van der Waals surface area contributed by atoms with Gasteiger partial charge in [-0.05, 0) is 48.2 Å². The van der Waals surface area contributed by atoms with Gasteiger partial charge in [0.15, 0.2) is 0 Å². The fourth-order valence-corrected chi connectivity index (χ4v) is 1.97. The number of aryl methyl sites for hydroxylation is 1. The maximum Gasteiger partial charge on any atom is 0.251 e. The minimum Gasteiger partial charge on any atom is -0.352 e. The number of hydrogen-bond donors (Lipinski definition) is 1. The molecule has 0 atom stereocenters. The molecule has 2 aromatic rings. The van der Waals surface area contributed by atoms with Gasteiger partial charge in [-0.1, -0.05) is 31.2 Å². The SMILES string of the molecule is CCc1ccc(C(=O)NCCc2ccc(F)cc2)cc1. The predicted octanol–water partition coefficient (Wildman–Crippen LogP) is 3.36. The molecular weight excluding hydrogens is 253 g/mol. The largest absolute Gasteiger partial charge is 0.352 e. The van der Waals surface area contributed by atoms with E-state index in [1.807, 2.05) is 24.3 Å². The van der Waals surface area contributed by atoms with Crippen LogP contribution in [0.5, 0.6) is 0 Å². The number of halogens is 1. The molecule has 0 unspecified atom stereocenters. The third-order valence-corrected chi connectivity index (χ3v) is 3.24. The number of amides is 1. The lowest BCUT2D eigenvalue weighted by Gasteiger charge is -2.06. The Morgan fingerprint density at radius 1 is 1.00 bits per heavy atom. The molecule has 0 spiro atoms. The maximum absolute atomic E-state index is 12.8. The molecule has 0 aliphatic rings. The minimum absolute atomic E-state index is 0.0743. The monoisotopic (exact) mass is 271 g/mol. The van der Waals surface area contributed by atoms with E-state index in [2.05, 4.69) is 12.2 Å². The molecule has 2 aromatic carbocycles. The van der Waals surface area contributed by atoms with Gasteiger partial charge in [-0.2, -0.15) is 0 Å². The lowest BCUT2D eigenvalue weighted by Crippen LogP contribution is -2.25. The van der Waals surface area contributed by atoms with Crippen LogP contribution in [0.25, 0.3) is 0 Å². The number of nitrogens with one attached hydrogen (secondary N) is 1. The van der Waals surface area contributed by atoms with E-state index >= 15 is 0 Å². The average molecular weight is 271 g/mol. The van der Waals surface area contributed by atoms with Gasteiger partial charge in [0.25, 0.3) is 5.91 Å². The quantitative estimate of drug-likeness (QED) is 0.887. The van der Waals surface area contributed by atoms with Gasteiger partial charge in [-0.25, -0.2) is 4.39 Å². The van der Waals surface area contributed by atoms with Gasteiger partial charge in [0, 0.05) is 12.1 Å². The Bertz CT molecular complexity index is 561. The first-order chi connectivity index (χ1) is 9.69. The molecule has 0 aromatic heterocycles. The number of carbonyl (C=O) groups excluding carboxylic acids is 1. The predicted molar refractivity (Wildman–Crippen MR) is 78.3 cm³/mol. The van der Waals surface area contributed by atoms with Crippen molar-refractivity contribution >= 4 is 5.91 Å². The van der Waals surface area contributed by atoms with Crippen LogP contribution in [0, 0.1) is 5.82 Å². The fraction of sp³-hybridized carbons (Fsp3) is 0.235. The summed E-state index contributed by atoms with van der Waals surface area (Å²) in [6.07, 6.45) is 1.66. The van der Waals surface area contributed by atoms with Crippen LogP contribution < -0.4 is 5.32 Å². The van der Waals surface area contributed by atoms with E-state index in [0.29, 0.717) is 18.5 Å². The van der Waals surface area contributed by atoms with Gasteiger partial charge in [0.1, 0.15) is 5.82 Å². The highest BCUT2D eigenvalue weighted by atomic mass is 19.1. The van der Waals surface area contributed by atoms with Gasteiger partial charge in [0.05, 0.1) is 0 Å². The number of rotatable bonds is 5. The lowest BCUT2D eigenvalue weighted by molar-refractivity contribution is 0.0954. The maximum atomic E-state index is 12.8. The second kappa shape index (κ2) is 6.85. The fourth-order valence-electron chi connectivity index (χ4n) is 1.97. The Hall–Kier alpha value is -2.16. The summed E-state index contributed by atoms with van der Waals surface area (Å²) in [5.41, 5.74) is 2.89. The summed E-state index contributed by atoms with van der Waals surface area (Å²) in [6, 6.07) is 13.9. The van der Waals surface area contributed by atoms with Crippen LogP contribution in [0.4, 0.5) is 4.39 Å². The van der Waals surface area contributed by atoms with E-state index in [9.17, 15) is 9.18 Å². The molecule has 0 aliphatic carbocycles. The van der Waals surface area contributed by atoms with Crippen molar-refractivity contribution in [1.29, 1.82) is 0 Å². The molecule has 0 bridgehead atoms. The molecule has 2 nitrogen and oxygen atoms in total.